The van der Waals surface area contributed by atoms with E-state index in [1.165, 1.54) is 24.1 Å². The van der Waals surface area contributed by atoms with E-state index in [1.807, 2.05) is 18.2 Å². The van der Waals surface area contributed by atoms with Crippen molar-refractivity contribution in [1.29, 1.82) is 0 Å². The summed E-state index contributed by atoms with van der Waals surface area (Å²) in [4.78, 5) is 14.6. The molecule has 0 N–H and O–H groups in total. The van der Waals surface area contributed by atoms with E-state index in [-0.39, 0.29) is 0 Å². The highest BCUT2D eigenvalue weighted by molar-refractivity contribution is 5.71. The van der Waals surface area contributed by atoms with Crippen molar-refractivity contribution in [2.75, 3.05) is 29.4 Å². The van der Waals surface area contributed by atoms with E-state index in [0.717, 1.165) is 49.1 Å². The molecule has 0 spiro atoms. The minimum absolute atomic E-state index is 0.814. The number of benzene rings is 2. The average molecular weight is 342 g/mol. The molecule has 0 amide bonds. The van der Waals surface area contributed by atoms with Gasteiger partial charge in [-0.25, -0.2) is 9.97 Å². The van der Waals surface area contributed by atoms with Crippen LogP contribution in [0, 0.1) is 0 Å². The van der Waals surface area contributed by atoms with Crippen LogP contribution in [0.3, 0.4) is 0 Å². The first kappa shape index (κ1) is 15.4. The highest BCUT2D eigenvalue weighted by Crippen LogP contribution is 2.35. The normalized spacial score (nSPS) is 16.2. The highest BCUT2D eigenvalue weighted by Gasteiger charge is 2.24. The summed E-state index contributed by atoms with van der Waals surface area (Å²) in [6.45, 7) is 3.15. The lowest BCUT2D eigenvalue weighted by Crippen LogP contribution is -2.21. The molecule has 3 heterocycles. The van der Waals surface area contributed by atoms with Crippen molar-refractivity contribution in [2.45, 2.75) is 19.3 Å². The molecule has 0 radical (unpaired) electrons. The molecule has 2 aromatic carbocycles. The van der Waals surface area contributed by atoms with Crippen LogP contribution in [0.2, 0.25) is 0 Å². The molecule has 5 rings (SSSR count). The van der Waals surface area contributed by atoms with Gasteiger partial charge in [-0.1, -0.05) is 48.5 Å². The Kier molecular flexibility index (Phi) is 3.81. The van der Waals surface area contributed by atoms with Crippen LogP contribution in [0.4, 0.5) is 17.3 Å². The van der Waals surface area contributed by atoms with Gasteiger partial charge in [-0.05, 0) is 30.9 Å². The molecule has 0 atom stereocenters. The fourth-order valence-electron chi connectivity index (χ4n) is 3.96. The number of fused-ring (bicyclic) bond motifs is 1. The topological polar surface area (TPSA) is 32.3 Å². The number of hydrogen-bond donors (Lipinski definition) is 0. The Balaban J connectivity index is 1.62. The molecule has 1 aromatic heterocycles. The van der Waals surface area contributed by atoms with Crippen LogP contribution in [0.1, 0.15) is 18.4 Å². The van der Waals surface area contributed by atoms with Gasteiger partial charge in [0.2, 0.25) is 0 Å². The smallest absolute Gasteiger partial charge is 0.163 e. The van der Waals surface area contributed by atoms with Crippen LogP contribution in [0.5, 0.6) is 0 Å². The number of para-hydroxylation sites is 1. The van der Waals surface area contributed by atoms with Crippen LogP contribution in [-0.4, -0.2) is 29.6 Å². The lowest BCUT2D eigenvalue weighted by molar-refractivity contribution is 0.915. The molecule has 4 heteroatoms. The van der Waals surface area contributed by atoms with Crippen molar-refractivity contribution < 1.29 is 0 Å². The second kappa shape index (κ2) is 6.45. The van der Waals surface area contributed by atoms with E-state index in [9.17, 15) is 0 Å². The summed E-state index contributed by atoms with van der Waals surface area (Å²) in [5, 5.41) is 0. The number of hydrogen-bond acceptors (Lipinski definition) is 4. The van der Waals surface area contributed by atoms with Gasteiger partial charge in [0.1, 0.15) is 11.6 Å². The quantitative estimate of drug-likeness (QED) is 0.704. The summed E-state index contributed by atoms with van der Waals surface area (Å²) in [6, 6.07) is 21.1. The molecule has 0 aliphatic carbocycles. The summed E-state index contributed by atoms with van der Waals surface area (Å²) in [6.07, 6.45) is 3.55. The minimum Gasteiger partial charge on any atom is -0.356 e. The second-order valence-corrected chi connectivity index (χ2v) is 7.00. The van der Waals surface area contributed by atoms with Crippen molar-refractivity contribution in [3.8, 4) is 11.4 Å². The molecule has 1 fully saturated rings. The summed E-state index contributed by atoms with van der Waals surface area (Å²) < 4.78 is 0. The van der Waals surface area contributed by atoms with E-state index >= 15 is 0 Å². The summed E-state index contributed by atoms with van der Waals surface area (Å²) in [7, 11) is 0. The van der Waals surface area contributed by atoms with E-state index in [2.05, 4.69) is 52.3 Å². The molecule has 0 saturated carbocycles. The Morgan fingerprint density at radius 2 is 1.46 bits per heavy atom. The van der Waals surface area contributed by atoms with Crippen LogP contribution >= 0.6 is 0 Å². The van der Waals surface area contributed by atoms with Crippen molar-refractivity contribution in [3.05, 3.63) is 66.2 Å². The van der Waals surface area contributed by atoms with Gasteiger partial charge in [-0.15, -0.1) is 0 Å². The predicted molar refractivity (Wildman–Crippen MR) is 106 cm³/mol. The van der Waals surface area contributed by atoms with Crippen molar-refractivity contribution >= 4 is 17.3 Å². The fourth-order valence-corrected chi connectivity index (χ4v) is 3.96. The van der Waals surface area contributed by atoms with Crippen LogP contribution < -0.4 is 9.80 Å². The van der Waals surface area contributed by atoms with Gasteiger partial charge < -0.3 is 9.80 Å². The highest BCUT2D eigenvalue weighted by atomic mass is 15.3. The molecule has 2 aliphatic rings. The van der Waals surface area contributed by atoms with Gasteiger partial charge >= 0.3 is 0 Å². The van der Waals surface area contributed by atoms with Crippen LogP contribution in [0.25, 0.3) is 11.4 Å². The summed E-state index contributed by atoms with van der Waals surface area (Å²) in [5.74, 6) is 2.87. The molecular formula is C22H22N4. The zero-order valence-corrected chi connectivity index (χ0v) is 14.8. The number of nitrogens with zero attached hydrogens (tertiary/aromatic N) is 4. The standard InChI is InChI=1S/C22H22N4/c1-2-9-18(10-3-1)22-23-20(25-13-6-7-14-25)16-21(24-22)26-15-12-17-8-4-5-11-19(17)26/h1-5,8-11,16H,6-7,12-15H2. The Morgan fingerprint density at radius 1 is 0.731 bits per heavy atom. The predicted octanol–water partition coefficient (Wildman–Crippen LogP) is 4.44. The second-order valence-electron chi connectivity index (χ2n) is 7.00. The van der Waals surface area contributed by atoms with Gasteiger partial charge in [-0.2, -0.15) is 0 Å². The van der Waals surface area contributed by atoms with Gasteiger partial charge in [-0.3, -0.25) is 0 Å². The maximum absolute atomic E-state index is 4.94. The molecule has 0 bridgehead atoms. The SMILES string of the molecule is c1ccc(-c2nc(N3CCCC3)cc(N3CCc4ccccc43)n2)cc1. The largest absolute Gasteiger partial charge is 0.356 e. The minimum atomic E-state index is 0.814. The molecule has 4 nitrogen and oxygen atoms in total. The first-order chi connectivity index (χ1) is 12.9. The van der Waals surface area contributed by atoms with E-state index in [1.54, 1.807) is 0 Å². The molecule has 26 heavy (non-hydrogen) atoms. The third-order valence-electron chi connectivity index (χ3n) is 5.32. The van der Waals surface area contributed by atoms with Crippen molar-refractivity contribution in [1.82, 2.24) is 9.97 Å². The van der Waals surface area contributed by atoms with Gasteiger partial charge in [0.15, 0.2) is 5.82 Å². The van der Waals surface area contributed by atoms with E-state index in [4.69, 9.17) is 9.97 Å². The number of rotatable bonds is 3. The third-order valence-corrected chi connectivity index (χ3v) is 5.32. The number of aromatic nitrogens is 2. The molecule has 130 valence electrons. The summed E-state index contributed by atoms with van der Waals surface area (Å²) >= 11 is 0. The zero-order chi connectivity index (χ0) is 17.3. The van der Waals surface area contributed by atoms with Crippen molar-refractivity contribution in [2.24, 2.45) is 0 Å². The molecule has 1 saturated heterocycles. The maximum Gasteiger partial charge on any atom is 0.163 e. The van der Waals surface area contributed by atoms with Crippen LogP contribution in [-0.2, 0) is 6.42 Å². The van der Waals surface area contributed by atoms with E-state index < -0.39 is 0 Å². The number of anilines is 3. The van der Waals surface area contributed by atoms with Gasteiger partial charge in [0.05, 0.1) is 0 Å². The van der Waals surface area contributed by atoms with Gasteiger partial charge in [0, 0.05) is 37.0 Å². The maximum atomic E-state index is 4.94. The molecule has 2 aliphatic heterocycles. The third kappa shape index (κ3) is 2.71. The van der Waals surface area contributed by atoms with Crippen molar-refractivity contribution in [3.63, 3.8) is 0 Å². The average Bonchev–Trinajstić information content (AvgIpc) is 3.38. The summed E-state index contributed by atoms with van der Waals surface area (Å²) in [5.41, 5.74) is 3.75. The Bertz CT molecular complexity index is 916. The first-order valence-electron chi connectivity index (χ1n) is 9.43. The Labute approximate surface area is 154 Å². The van der Waals surface area contributed by atoms with E-state index in [0.29, 0.717) is 0 Å². The molecular weight excluding hydrogens is 320 g/mol. The Hall–Kier alpha value is -2.88. The zero-order valence-electron chi connectivity index (χ0n) is 14.8. The first-order valence-corrected chi connectivity index (χ1v) is 9.43. The fraction of sp³-hybridized carbons (Fsp3) is 0.273. The lowest BCUT2D eigenvalue weighted by Gasteiger charge is -2.23. The van der Waals surface area contributed by atoms with Gasteiger partial charge in [0.25, 0.3) is 0 Å². The lowest BCUT2D eigenvalue weighted by atomic mass is 10.2. The van der Waals surface area contributed by atoms with Crippen LogP contribution in [0.15, 0.2) is 60.7 Å². The molecule has 3 aromatic rings. The Morgan fingerprint density at radius 3 is 2.31 bits per heavy atom. The molecule has 0 unspecified atom stereocenters. The monoisotopic (exact) mass is 342 g/mol.